The monoisotopic (exact) mass is 346 g/mol. The van der Waals surface area contributed by atoms with Crippen LogP contribution in [0.4, 0.5) is 0 Å². The summed E-state index contributed by atoms with van der Waals surface area (Å²) < 4.78 is 7.19. The molecule has 1 N–H and O–H groups in total. The van der Waals surface area contributed by atoms with Gasteiger partial charge in [0.05, 0.1) is 11.3 Å². The van der Waals surface area contributed by atoms with Crippen molar-refractivity contribution in [3.63, 3.8) is 0 Å². The van der Waals surface area contributed by atoms with E-state index in [0.717, 1.165) is 22.1 Å². The van der Waals surface area contributed by atoms with Crippen molar-refractivity contribution in [2.75, 3.05) is 0 Å². The van der Waals surface area contributed by atoms with E-state index in [1.807, 2.05) is 43.3 Å². The summed E-state index contributed by atoms with van der Waals surface area (Å²) in [5.74, 6) is 0.104. The molecule has 4 aromatic rings. The first kappa shape index (κ1) is 16.1. The van der Waals surface area contributed by atoms with E-state index in [1.165, 1.54) is 6.07 Å². The number of phenols is 1. The lowest BCUT2D eigenvalue weighted by atomic mass is 9.95. The van der Waals surface area contributed by atoms with Crippen LogP contribution >= 0.6 is 0 Å². The average molecular weight is 346 g/mol. The van der Waals surface area contributed by atoms with Crippen LogP contribution in [0.25, 0.3) is 33.4 Å². The first-order chi connectivity index (χ1) is 12.6. The molecule has 2 heterocycles. The minimum absolute atomic E-state index is 0.104. The Labute approximate surface area is 150 Å². The van der Waals surface area contributed by atoms with E-state index >= 15 is 0 Å². The number of rotatable bonds is 3. The van der Waals surface area contributed by atoms with Crippen molar-refractivity contribution in [3.05, 3.63) is 70.7 Å². The molecule has 0 saturated heterocycles. The maximum absolute atomic E-state index is 12.3. The van der Waals surface area contributed by atoms with Crippen molar-refractivity contribution < 1.29 is 9.52 Å². The summed E-state index contributed by atoms with van der Waals surface area (Å²) in [4.78, 5) is 12.3. The molecule has 0 radical (unpaired) electrons. The van der Waals surface area contributed by atoms with Gasteiger partial charge in [-0.3, -0.25) is 4.68 Å². The van der Waals surface area contributed by atoms with Crippen molar-refractivity contribution in [3.8, 4) is 28.1 Å². The first-order valence-corrected chi connectivity index (χ1v) is 8.46. The van der Waals surface area contributed by atoms with Gasteiger partial charge in [-0.15, -0.1) is 0 Å². The molecule has 130 valence electrons. The fraction of sp³-hybridized carbons (Fsp3) is 0.143. The highest BCUT2D eigenvalue weighted by atomic mass is 16.4. The van der Waals surface area contributed by atoms with Gasteiger partial charge in [0.15, 0.2) is 5.58 Å². The van der Waals surface area contributed by atoms with Crippen LogP contribution in [0.15, 0.2) is 63.9 Å². The summed E-state index contributed by atoms with van der Waals surface area (Å²) >= 11 is 0. The second-order valence-corrected chi connectivity index (χ2v) is 6.21. The van der Waals surface area contributed by atoms with Crippen LogP contribution in [0.2, 0.25) is 0 Å². The van der Waals surface area contributed by atoms with Crippen LogP contribution in [0.3, 0.4) is 0 Å². The third kappa shape index (κ3) is 2.58. The Morgan fingerprint density at radius 2 is 1.92 bits per heavy atom. The normalized spacial score (nSPS) is 11.2. The Balaban J connectivity index is 2.16. The van der Waals surface area contributed by atoms with Crippen LogP contribution in [0.5, 0.6) is 5.75 Å². The molecule has 26 heavy (non-hydrogen) atoms. The molecule has 4 rings (SSSR count). The third-order valence-electron chi connectivity index (χ3n) is 4.52. The quantitative estimate of drug-likeness (QED) is 0.566. The maximum Gasteiger partial charge on any atom is 0.336 e. The van der Waals surface area contributed by atoms with Gasteiger partial charge in [-0.25, -0.2) is 4.79 Å². The zero-order valence-electron chi connectivity index (χ0n) is 14.6. The number of hydrogen-bond acceptors (Lipinski definition) is 4. The van der Waals surface area contributed by atoms with E-state index in [-0.39, 0.29) is 5.75 Å². The molecular formula is C21H18N2O3. The number of fused-ring (bicyclic) bond motifs is 1. The largest absolute Gasteiger partial charge is 0.507 e. The molecule has 0 aliphatic heterocycles. The molecule has 0 unspecified atom stereocenters. The minimum Gasteiger partial charge on any atom is -0.507 e. The predicted molar refractivity (Wildman–Crippen MR) is 101 cm³/mol. The predicted octanol–water partition coefficient (Wildman–Crippen LogP) is 4.13. The van der Waals surface area contributed by atoms with Gasteiger partial charge in [0, 0.05) is 24.7 Å². The minimum atomic E-state index is -0.461. The van der Waals surface area contributed by atoms with Gasteiger partial charge in [-0.05, 0) is 35.2 Å². The molecule has 2 aromatic carbocycles. The van der Waals surface area contributed by atoms with Gasteiger partial charge in [0.25, 0.3) is 0 Å². The van der Waals surface area contributed by atoms with Crippen LogP contribution in [-0.4, -0.2) is 14.9 Å². The second kappa shape index (κ2) is 6.19. The van der Waals surface area contributed by atoms with Crippen LogP contribution < -0.4 is 5.63 Å². The second-order valence-electron chi connectivity index (χ2n) is 6.21. The smallest absolute Gasteiger partial charge is 0.336 e. The van der Waals surface area contributed by atoms with E-state index < -0.39 is 5.63 Å². The van der Waals surface area contributed by atoms with Crippen LogP contribution in [0, 0.1) is 0 Å². The highest BCUT2D eigenvalue weighted by molar-refractivity contribution is 6.03. The zero-order chi connectivity index (χ0) is 18.3. The lowest BCUT2D eigenvalue weighted by molar-refractivity contribution is 0.469. The van der Waals surface area contributed by atoms with E-state index in [2.05, 4.69) is 5.10 Å². The fourth-order valence-electron chi connectivity index (χ4n) is 3.25. The zero-order valence-corrected chi connectivity index (χ0v) is 14.6. The van der Waals surface area contributed by atoms with Gasteiger partial charge in [0.2, 0.25) is 0 Å². The molecule has 5 nitrogen and oxygen atoms in total. The molecular weight excluding hydrogens is 328 g/mol. The molecule has 0 spiro atoms. The molecule has 0 atom stereocenters. The Morgan fingerprint density at radius 1 is 1.15 bits per heavy atom. The SMILES string of the molecule is CCc1cc2c(-c3ccccc3)cc(=O)oc2c(-c2ccn(C)n2)c1O. The van der Waals surface area contributed by atoms with Gasteiger partial charge < -0.3 is 9.52 Å². The van der Waals surface area contributed by atoms with E-state index in [4.69, 9.17) is 4.42 Å². The summed E-state index contributed by atoms with van der Waals surface area (Å²) in [6, 6.07) is 14.9. The standard InChI is InChI=1S/C21H18N2O3/c1-3-13-11-16-15(14-7-5-4-6-8-14)12-18(24)26-21(16)19(20(13)25)17-9-10-23(2)22-17/h4-12,25H,3H2,1-2H3. The van der Waals surface area contributed by atoms with Gasteiger partial charge in [0.1, 0.15) is 5.75 Å². The van der Waals surface area contributed by atoms with Gasteiger partial charge in [-0.1, -0.05) is 37.3 Å². The van der Waals surface area contributed by atoms with Crippen molar-refractivity contribution in [1.29, 1.82) is 0 Å². The highest BCUT2D eigenvalue weighted by Gasteiger charge is 2.20. The number of aromatic nitrogens is 2. The Morgan fingerprint density at radius 3 is 2.58 bits per heavy atom. The number of benzene rings is 2. The summed E-state index contributed by atoms with van der Waals surface area (Å²) in [6.45, 7) is 1.98. The molecule has 0 aliphatic carbocycles. The summed E-state index contributed by atoms with van der Waals surface area (Å²) in [6.07, 6.45) is 2.44. The van der Waals surface area contributed by atoms with Crippen molar-refractivity contribution in [2.45, 2.75) is 13.3 Å². The number of aromatic hydroxyl groups is 1. The first-order valence-electron chi connectivity index (χ1n) is 8.46. The Hall–Kier alpha value is -3.34. The number of hydrogen-bond donors (Lipinski definition) is 1. The number of phenolic OH excluding ortho intramolecular Hbond substituents is 1. The maximum atomic E-state index is 12.3. The Bertz CT molecular complexity index is 1160. The van der Waals surface area contributed by atoms with E-state index in [9.17, 15) is 9.90 Å². The van der Waals surface area contributed by atoms with Crippen molar-refractivity contribution in [1.82, 2.24) is 9.78 Å². The summed E-state index contributed by atoms with van der Waals surface area (Å²) in [5, 5.41) is 16.0. The topological polar surface area (TPSA) is 68.3 Å². The van der Waals surface area contributed by atoms with Gasteiger partial charge >= 0.3 is 5.63 Å². The molecule has 5 heteroatoms. The van der Waals surface area contributed by atoms with Gasteiger partial charge in [-0.2, -0.15) is 5.10 Å². The molecule has 0 amide bonds. The van der Waals surface area contributed by atoms with E-state index in [1.54, 1.807) is 24.0 Å². The van der Waals surface area contributed by atoms with Crippen molar-refractivity contribution >= 4 is 11.0 Å². The number of nitrogens with zero attached hydrogens (tertiary/aromatic N) is 2. The summed E-state index contributed by atoms with van der Waals surface area (Å²) in [7, 11) is 1.80. The molecule has 0 fully saturated rings. The van der Waals surface area contributed by atoms with Crippen LogP contribution in [0.1, 0.15) is 12.5 Å². The van der Waals surface area contributed by atoms with E-state index in [0.29, 0.717) is 23.3 Å². The fourth-order valence-corrected chi connectivity index (χ4v) is 3.25. The third-order valence-corrected chi connectivity index (χ3v) is 4.52. The lowest BCUT2D eigenvalue weighted by Gasteiger charge is -2.13. The molecule has 0 bridgehead atoms. The number of aryl methyl sites for hydroxylation is 2. The summed E-state index contributed by atoms with van der Waals surface area (Å²) in [5.41, 5.74) is 3.40. The molecule has 0 saturated carbocycles. The molecule has 0 aliphatic rings. The van der Waals surface area contributed by atoms with Crippen molar-refractivity contribution in [2.24, 2.45) is 7.05 Å². The van der Waals surface area contributed by atoms with Crippen LogP contribution in [-0.2, 0) is 13.5 Å². The average Bonchev–Trinajstić information content (AvgIpc) is 3.07. The highest BCUT2D eigenvalue weighted by Crippen LogP contribution is 2.41. The lowest BCUT2D eigenvalue weighted by Crippen LogP contribution is -2.01. The Kier molecular flexibility index (Phi) is 3.84. The molecule has 2 aromatic heterocycles.